The first-order valence-electron chi connectivity index (χ1n) is 3.48. The van der Waals surface area contributed by atoms with Crippen LogP contribution in [-0.4, -0.2) is 11.2 Å². The molecule has 0 fully saturated rings. The van der Waals surface area contributed by atoms with Gasteiger partial charge in [-0.05, 0) is 42.2 Å². The maximum atomic E-state index is 8.95. The molecule has 1 heterocycles. The Balaban J connectivity index is 2.28. The Kier molecular flexibility index (Phi) is 2.90. The van der Waals surface area contributed by atoms with Gasteiger partial charge in [0.2, 0.25) is 0 Å². The van der Waals surface area contributed by atoms with Gasteiger partial charge in [-0.1, -0.05) is 0 Å². The molecule has 0 aromatic carbocycles. The molecule has 1 N–H and O–H groups in total. The van der Waals surface area contributed by atoms with Crippen molar-refractivity contribution in [2.45, 2.75) is 25.9 Å². The summed E-state index contributed by atoms with van der Waals surface area (Å²) in [5.74, 6) is 0. The maximum Gasteiger partial charge on any atom is 0.0515 e. The third-order valence-electron chi connectivity index (χ3n) is 1.43. The third kappa shape index (κ3) is 2.50. The van der Waals surface area contributed by atoms with Crippen molar-refractivity contribution >= 4 is 11.3 Å². The molecule has 0 spiro atoms. The van der Waals surface area contributed by atoms with Crippen molar-refractivity contribution < 1.29 is 5.11 Å². The molecule has 0 saturated carbocycles. The number of aryl methyl sites for hydroxylation is 1. The number of rotatable bonds is 3. The summed E-state index contributed by atoms with van der Waals surface area (Å²) in [6.45, 7) is 1.83. The van der Waals surface area contributed by atoms with Gasteiger partial charge in [-0.2, -0.15) is 11.3 Å². The van der Waals surface area contributed by atoms with E-state index in [9.17, 15) is 0 Å². The van der Waals surface area contributed by atoms with E-state index in [0.29, 0.717) is 0 Å². The summed E-state index contributed by atoms with van der Waals surface area (Å²) < 4.78 is 0. The molecular weight excluding hydrogens is 144 g/mol. The van der Waals surface area contributed by atoms with Crippen LogP contribution in [0.5, 0.6) is 0 Å². The monoisotopic (exact) mass is 156 g/mol. The summed E-state index contributed by atoms with van der Waals surface area (Å²) in [4.78, 5) is 0. The van der Waals surface area contributed by atoms with E-state index in [1.807, 2.05) is 6.92 Å². The Hall–Kier alpha value is -0.340. The number of hydrogen-bond acceptors (Lipinski definition) is 2. The van der Waals surface area contributed by atoms with Crippen LogP contribution in [0.15, 0.2) is 16.8 Å². The molecule has 0 aliphatic heterocycles. The summed E-state index contributed by atoms with van der Waals surface area (Å²) in [6, 6.07) is 2.10. The van der Waals surface area contributed by atoms with Gasteiger partial charge in [-0.3, -0.25) is 0 Å². The van der Waals surface area contributed by atoms with Crippen LogP contribution < -0.4 is 0 Å². The van der Waals surface area contributed by atoms with Gasteiger partial charge in [0.25, 0.3) is 0 Å². The Bertz CT molecular complexity index is 167. The van der Waals surface area contributed by atoms with Crippen molar-refractivity contribution in [2.24, 2.45) is 0 Å². The lowest BCUT2D eigenvalue weighted by atomic mass is 10.1. The van der Waals surface area contributed by atoms with Crippen LogP contribution in [0.2, 0.25) is 0 Å². The summed E-state index contributed by atoms with van der Waals surface area (Å²) in [5.41, 5.74) is 1.34. The lowest BCUT2D eigenvalue weighted by Gasteiger charge is -2.00. The van der Waals surface area contributed by atoms with E-state index in [1.165, 1.54) is 5.56 Å². The van der Waals surface area contributed by atoms with Crippen molar-refractivity contribution in [3.8, 4) is 0 Å². The number of thiophene rings is 1. The van der Waals surface area contributed by atoms with Crippen LogP contribution in [-0.2, 0) is 6.42 Å². The zero-order valence-corrected chi connectivity index (χ0v) is 6.90. The predicted molar refractivity (Wildman–Crippen MR) is 44.3 cm³/mol. The van der Waals surface area contributed by atoms with E-state index in [4.69, 9.17) is 5.11 Å². The molecule has 2 heteroatoms. The van der Waals surface area contributed by atoms with E-state index in [0.717, 1.165) is 12.8 Å². The van der Waals surface area contributed by atoms with Crippen LogP contribution in [0.3, 0.4) is 0 Å². The number of aliphatic hydroxyl groups is 1. The van der Waals surface area contributed by atoms with Crippen molar-refractivity contribution in [1.82, 2.24) is 0 Å². The molecule has 1 nitrogen and oxygen atoms in total. The topological polar surface area (TPSA) is 20.2 Å². The molecule has 0 aliphatic carbocycles. The van der Waals surface area contributed by atoms with E-state index in [1.54, 1.807) is 11.3 Å². The summed E-state index contributed by atoms with van der Waals surface area (Å²) in [5, 5.41) is 13.1. The van der Waals surface area contributed by atoms with E-state index < -0.39 is 0 Å². The van der Waals surface area contributed by atoms with E-state index >= 15 is 0 Å². The predicted octanol–water partition coefficient (Wildman–Crippen LogP) is 2.06. The van der Waals surface area contributed by atoms with Crippen LogP contribution in [0, 0.1) is 0 Å². The van der Waals surface area contributed by atoms with Crippen LogP contribution >= 0.6 is 11.3 Å². The molecule has 0 bridgehead atoms. The second kappa shape index (κ2) is 3.74. The second-order valence-electron chi connectivity index (χ2n) is 2.52. The van der Waals surface area contributed by atoms with Crippen molar-refractivity contribution in [1.29, 1.82) is 0 Å². The molecule has 1 rings (SSSR count). The first kappa shape index (κ1) is 7.76. The molecule has 1 aromatic rings. The highest BCUT2D eigenvalue weighted by Gasteiger charge is 1.96. The lowest BCUT2D eigenvalue weighted by molar-refractivity contribution is 0.185. The van der Waals surface area contributed by atoms with Crippen molar-refractivity contribution in [3.63, 3.8) is 0 Å². The fourth-order valence-corrected chi connectivity index (χ4v) is 1.51. The Morgan fingerprint density at radius 1 is 1.70 bits per heavy atom. The lowest BCUT2D eigenvalue weighted by Crippen LogP contribution is -2.00. The molecule has 0 unspecified atom stereocenters. The normalized spacial score (nSPS) is 13.4. The zero-order chi connectivity index (χ0) is 7.40. The highest BCUT2D eigenvalue weighted by molar-refractivity contribution is 7.07. The van der Waals surface area contributed by atoms with Crippen LogP contribution in [0.1, 0.15) is 18.9 Å². The standard InChI is InChI=1S/C8H12OS/c1-7(9)2-3-8-4-5-10-6-8/h4-7,9H,2-3H2,1H3/t7-/m0/s1. The third-order valence-corrected chi connectivity index (χ3v) is 2.16. The molecular formula is C8H12OS. The zero-order valence-electron chi connectivity index (χ0n) is 6.08. The van der Waals surface area contributed by atoms with Crippen LogP contribution in [0.25, 0.3) is 0 Å². The Morgan fingerprint density at radius 3 is 3.00 bits per heavy atom. The maximum absolute atomic E-state index is 8.95. The largest absolute Gasteiger partial charge is 0.393 e. The van der Waals surface area contributed by atoms with E-state index in [2.05, 4.69) is 16.8 Å². The minimum absolute atomic E-state index is 0.167. The minimum atomic E-state index is -0.167. The summed E-state index contributed by atoms with van der Waals surface area (Å²) in [6.07, 6.45) is 1.71. The molecule has 0 saturated heterocycles. The van der Waals surface area contributed by atoms with Gasteiger partial charge < -0.3 is 5.11 Å². The molecule has 10 heavy (non-hydrogen) atoms. The fourth-order valence-electron chi connectivity index (χ4n) is 0.810. The SMILES string of the molecule is C[C@H](O)CCc1ccsc1. The Morgan fingerprint density at radius 2 is 2.50 bits per heavy atom. The molecule has 56 valence electrons. The average molecular weight is 156 g/mol. The van der Waals surface area contributed by atoms with Crippen molar-refractivity contribution in [2.75, 3.05) is 0 Å². The summed E-state index contributed by atoms with van der Waals surface area (Å²) >= 11 is 1.71. The first-order chi connectivity index (χ1) is 4.79. The second-order valence-corrected chi connectivity index (χ2v) is 3.30. The van der Waals surface area contributed by atoms with Gasteiger partial charge in [0.05, 0.1) is 6.10 Å². The smallest absolute Gasteiger partial charge is 0.0515 e. The highest BCUT2D eigenvalue weighted by Crippen LogP contribution is 2.09. The van der Waals surface area contributed by atoms with Gasteiger partial charge >= 0.3 is 0 Å². The average Bonchev–Trinajstić information content (AvgIpc) is 2.34. The quantitative estimate of drug-likeness (QED) is 0.710. The number of aliphatic hydroxyl groups excluding tert-OH is 1. The number of hydrogen-bond donors (Lipinski definition) is 1. The molecule has 0 aliphatic rings. The summed E-state index contributed by atoms with van der Waals surface area (Å²) in [7, 11) is 0. The first-order valence-corrected chi connectivity index (χ1v) is 4.42. The van der Waals surface area contributed by atoms with E-state index in [-0.39, 0.29) is 6.10 Å². The molecule has 0 radical (unpaired) electrons. The highest BCUT2D eigenvalue weighted by atomic mass is 32.1. The molecule has 0 amide bonds. The Labute approximate surface area is 65.3 Å². The van der Waals surface area contributed by atoms with Gasteiger partial charge in [-0.25, -0.2) is 0 Å². The fraction of sp³-hybridized carbons (Fsp3) is 0.500. The van der Waals surface area contributed by atoms with Crippen LogP contribution in [0.4, 0.5) is 0 Å². The van der Waals surface area contributed by atoms with Gasteiger partial charge in [-0.15, -0.1) is 0 Å². The van der Waals surface area contributed by atoms with Crippen molar-refractivity contribution in [3.05, 3.63) is 22.4 Å². The van der Waals surface area contributed by atoms with Gasteiger partial charge in [0.15, 0.2) is 0 Å². The van der Waals surface area contributed by atoms with Gasteiger partial charge in [0, 0.05) is 0 Å². The van der Waals surface area contributed by atoms with Gasteiger partial charge in [0.1, 0.15) is 0 Å². The molecule has 1 aromatic heterocycles. The minimum Gasteiger partial charge on any atom is -0.393 e. The molecule has 1 atom stereocenters.